The Balaban J connectivity index is 1.07. The maximum Gasteiger partial charge on any atom is 0.135 e. The molecule has 1 aliphatic carbocycles. The summed E-state index contributed by atoms with van der Waals surface area (Å²) >= 11 is 1.88. The van der Waals surface area contributed by atoms with Crippen molar-refractivity contribution >= 4 is 102 Å². The minimum atomic E-state index is -0.188. The Morgan fingerprint density at radius 3 is 1.46 bits per heavy atom. The van der Waals surface area contributed by atoms with E-state index in [0.29, 0.717) is 0 Å². The molecule has 72 heavy (non-hydrogen) atoms. The van der Waals surface area contributed by atoms with Crippen LogP contribution in [0.4, 0.5) is 17.1 Å². The van der Waals surface area contributed by atoms with Crippen LogP contribution in [0, 0.1) is 0 Å². The van der Waals surface area contributed by atoms with Gasteiger partial charge in [0.2, 0.25) is 0 Å². The van der Waals surface area contributed by atoms with Gasteiger partial charge in [-0.1, -0.05) is 184 Å². The molecule has 0 bridgehead atoms. The van der Waals surface area contributed by atoms with Crippen LogP contribution in [-0.4, -0.2) is 0 Å². The van der Waals surface area contributed by atoms with Crippen molar-refractivity contribution in [2.75, 3.05) is 4.90 Å². The maximum absolute atomic E-state index is 6.84. The average molecular weight is 936 g/mol. The quantitative estimate of drug-likeness (QED) is 0.175. The van der Waals surface area contributed by atoms with Crippen molar-refractivity contribution in [1.82, 2.24) is 0 Å². The molecule has 12 aromatic carbocycles. The fraction of sp³-hybridized carbons (Fsp3) is 0.0435. The monoisotopic (exact) mass is 935 g/mol. The van der Waals surface area contributed by atoms with Crippen LogP contribution in [0.15, 0.2) is 237 Å². The number of thiophene rings is 1. The molecule has 13 aromatic rings. The zero-order valence-electron chi connectivity index (χ0n) is 39.8. The molecule has 0 atom stereocenters. The summed E-state index contributed by atoms with van der Waals surface area (Å²) in [6, 6.07) is 87.9. The van der Waals surface area contributed by atoms with Crippen LogP contribution < -0.4 is 9.64 Å². The van der Waals surface area contributed by atoms with Crippen LogP contribution in [0.1, 0.15) is 25.0 Å². The molecule has 338 valence electrons. The van der Waals surface area contributed by atoms with E-state index in [2.05, 4.69) is 255 Å². The third-order valence-electron chi connectivity index (χ3n) is 15.7. The van der Waals surface area contributed by atoms with E-state index in [9.17, 15) is 0 Å². The molecule has 0 amide bonds. The van der Waals surface area contributed by atoms with Gasteiger partial charge in [-0.25, -0.2) is 0 Å². The highest BCUT2D eigenvalue weighted by Crippen LogP contribution is 2.53. The molecule has 0 saturated heterocycles. The van der Waals surface area contributed by atoms with Crippen molar-refractivity contribution < 1.29 is 4.74 Å². The van der Waals surface area contributed by atoms with E-state index in [0.717, 1.165) is 50.8 Å². The molecule has 3 heteroatoms. The number of rotatable bonds is 3. The summed E-state index contributed by atoms with van der Waals surface area (Å²) in [5.74, 6) is 1.70. The van der Waals surface area contributed by atoms with Crippen LogP contribution in [0.25, 0.3) is 107 Å². The molecule has 15 rings (SSSR count). The number of hydrogen-bond acceptors (Lipinski definition) is 3. The van der Waals surface area contributed by atoms with Crippen LogP contribution in [-0.2, 0) is 5.41 Å². The summed E-state index contributed by atoms with van der Waals surface area (Å²) in [6.07, 6.45) is 0. The van der Waals surface area contributed by atoms with E-state index >= 15 is 0 Å². The summed E-state index contributed by atoms with van der Waals surface area (Å²) < 4.78 is 9.43. The zero-order valence-corrected chi connectivity index (χ0v) is 40.6. The molecule has 0 unspecified atom stereocenters. The third-order valence-corrected chi connectivity index (χ3v) is 16.8. The molecular formula is C69H45NOS. The molecule has 2 heterocycles. The second-order valence-corrected chi connectivity index (χ2v) is 21.0. The number of benzene rings is 11. The number of para-hydroxylation sites is 1. The van der Waals surface area contributed by atoms with Crippen molar-refractivity contribution in [3.8, 4) is 44.9 Å². The van der Waals surface area contributed by atoms with Crippen molar-refractivity contribution in [1.29, 1.82) is 0 Å². The molecule has 0 N–H and O–H groups in total. The average Bonchev–Trinajstić information content (AvgIpc) is 3.86. The van der Waals surface area contributed by atoms with E-state index in [1.165, 1.54) is 96.3 Å². The van der Waals surface area contributed by atoms with Crippen molar-refractivity contribution in [2.45, 2.75) is 19.3 Å². The van der Waals surface area contributed by atoms with E-state index in [-0.39, 0.29) is 5.41 Å². The second-order valence-electron chi connectivity index (χ2n) is 19.9. The van der Waals surface area contributed by atoms with Crippen molar-refractivity contribution in [3.05, 3.63) is 248 Å². The highest BCUT2D eigenvalue weighted by atomic mass is 32.1. The van der Waals surface area contributed by atoms with Crippen LogP contribution in [0.3, 0.4) is 0 Å². The summed E-state index contributed by atoms with van der Waals surface area (Å²) in [4.78, 5) is 2.47. The molecule has 1 aromatic heterocycles. The predicted molar refractivity (Wildman–Crippen MR) is 308 cm³/mol. The molecule has 0 saturated carbocycles. The number of fused-ring (bicyclic) bond motifs is 21. The second kappa shape index (κ2) is 15.6. The van der Waals surface area contributed by atoms with Gasteiger partial charge < -0.3 is 9.64 Å². The molecule has 1 aliphatic heterocycles. The van der Waals surface area contributed by atoms with Gasteiger partial charge in [-0.15, -0.1) is 11.3 Å². The van der Waals surface area contributed by atoms with Crippen molar-refractivity contribution in [2.24, 2.45) is 0 Å². The van der Waals surface area contributed by atoms with Crippen LogP contribution in [0.5, 0.6) is 11.5 Å². The van der Waals surface area contributed by atoms with Gasteiger partial charge in [-0.05, 0) is 154 Å². The Morgan fingerprint density at radius 2 is 0.750 bits per heavy atom. The van der Waals surface area contributed by atoms with E-state index in [1.54, 1.807) is 0 Å². The van der Waals surface area contributed by atoms with Crippen molar-refractivity contribution in [3.63, 3.8) is 0 Å². The lowest BCUT2D eigenvalue weighted by Crippen LogP contribution is -2.16. The molecule has 0 fully saturated rings. The summed E-state index contributed by atoms with van der Waals surface area (Å²) in [5, 5.41) is 14.7. The van der Waals surface area contributed by atoms with Crippen LogP contribution in [0.2, 0.25) is 0 Å². The Kier molecular flexibility index (Phi) is 8.91. The number of ether oxygens (including phenoxy) is 1. The SMILES string of the molecule is CC1(C)c2ccccc2-c2ccc(N(c3ccc4c(c3)-c3ccccc3-c3ccccc3O4)c3ccc4c(c3)c3ccccc3c3ccccc3c3ccccc3c3cc5sc6ccccc6c5cc43)cc21. The van der Waals surface area contributed by atoms with Gasteiger partial charge in [0.25, 0.3) is 0 Å². The van der Waals surface area contributed by atoms with Crippen LogP contribution >= 0.6 is 11.3 Å². The van der Waals surface area contributed by atoms with Gasteiger partial charge in [0.15, 0.2) is 0 Å². The number of hydrogen-bond donors (Lipinski definition) is 0. The number of anilines is 3. The van der Waals surface area contributed by atoms with E-state index in [4.69, 9.17) is 4.74 Å². The first-order valence-electron chi connectivity index (χ1n) is 24.9. The molecule has 0 spiro atoms. The standard InChI is InChI=1S/C69H45NOS/c1-69(2)63-28-14-11-25-54(63)55-35-32-44(39-64(55)69)70(43-33-36-66-61(38-43)52-24-10-7-21-49(52)56-26-12-15-29-65(56)71-66)42-31-34-53-58(37-42)50-22-8-5-19-47(50)45-17-3-4-18-46(45)48-20-6-9-23-51(48)60-41-68-62(40-59(53)60)57-27-13-16-30-67(57)72-68/h3-41H,1-2H3. The molecule has 2 nitrogen and oxygen atoms in total. The lowest BCUT2D eigenvalue weighted by molar-refractivity contribution is 0.488. The van der Waals surface area contributed by atoms with Gasteiger partial charge >= 0.3 is 0 Å². The first-order chi connectivity index (χ1) is 35.5. The Hall–Kier alpha value is -8.76. The fourth-order valence-corrected chi connectivity index (χ4v) is 13.4. The van der Waals surface area contributed by atoms with Gasteiger partial charge in [-0.2, -0.15) is 0 Å². The molecular weight excluding hydrogens is 891 g/mol. The van der Waals surface area contributed by atoms with Gasteiger partial charge in [-0.3, -0.25) is 0 Å². The minimum Gasteiger partial charge on any atom is -0.456 e. The van der Waals surface area contributed by atoms with Gasteiger partial charge in [0, 0.05) is 53.8 Å². The van der Waals surface area contributed by atoms with E-state index in [1.807, 2.05) is 11.3 Å². The lowest BCUT2D eigenvalue weighted by Gasteiger charge is -2.29. The first kappa shape index (κ1) is 41.1. The minimum absolute atomic E-state index is 0.188. The third kappa shape index (κ3) is 6.08. The molecule has 2 aliphatic rings. The maximum atomic E-state index is 6.84. The summed E-state index contributed by atoms with van der Waals surface area (Å²) in [6.45, 7) is 4.74. The first-order valence-corrected chi connectivity index (χ1v) is 25.7. The number of nitrogens with zero attached hydrogens (tertiary/aromatic N) is 1. The fourth-order valence-electron chi connectivity index (χ4n) is 12.3. The predicted octanol–water partition coefficient (Wildman–Crippen LogP) is 20.2. The lowest BCUT2D eigenvalue weighted by atomic mass is 9.82. The molecule has 0 radical (unpaired) electrons. The smallest absolute Gasteiger partial charge is 0.135 e. The summed E-state index contributed by atoms with van der Waals surface area (Å²) in [7, 11) is 0. The summed E-state index contributed by atoms with van der Waals surface area (Å²) in [5.41, 5.74) is 12.8. The Bertz CT molecular complexity index is 4540. The normalized spacial score (nSPS) is 13.1. The largest absolute Gasteiger partial charge is 0.456 e. The zero-order chi connectivity index (χ0) is 47.7. The highest BCUT2D eigenvalue weighted by Gasteiger charge is 2.36. The van der Waals surface area contributed by atoms with Gasteiger partial charge in [0.1, 0.15) is 11.5 Å². The van der Waals surface area contributed by atoms with E-state index < -0.39 is 0 Å². The Morgan fingerprint density at radius 1 is 0.292 bits per heavy atom. The van der Waals surface area contributed by atoms with Gasteiger partial charge in [0.05, 0.1) is 0 Å². The highest BCUT2D eigenvalue weighted by molar-refractivity contribution is 7.25. The topological polar surface area (TPSA) is 12.5 Å². The Labute approximate surface area is 421 Å².